The molecule has 0 atom stereocenters. The quantitative estimate of drug-likeness (QED) is 0.168. The molecular formula is C58H36N2O2. The van der Waals surface area contributed by atoms with E-state index in [1.54, 1.807) is 0 Å². The molecule has 4 heteroatoms. The summed E-state index contributed by atoms with van der Waals surface area (Å²) in [6, 6.07) is 78.0. The Morgan fingerprint density at radius 3 is 1.34 bits per heavy atom. The van der Waals surface area contributed by atoms with Gasteiger partial charge in [-0.15, -0.1) is 0 Å². The van der Waals surface area contributed by atoms with E-state index in [9.17, 15) is 0 Å². The number of para-hydroxylation sites is 2. The Morgan fingerprint density at radius 1 is 0.258 bits per heavy atom. The highest BCUT2D eigenvalue weighted by Crippen LogP contribution is 2.45. The standard InChI is InChI=1S/C58H36N2O2/c1-3-17-43(18-4-1)59(52-23-11-15-37-13-7-9-21-47(37)52)45-27-25-39-33-50-49-29-30-54-57(58(49)62-55(50)35-41(39)31-45)51-34-40-26-28-46(32-42(40)36-56(51)61-54)60(44-19-5-2-6-20-44)53-24-12-16-38-14-8-10-22-48(38)53/h1-36H. The van der Waals surface area contributed by atoms with Crippen molar-refractivity contribution < 1.29 is 8.83 Å². The lowest BCUT2D eigenvalue weighted by Crippen LogP contribution is -2.10. The van der Waals surface area contributed by atoms with Crippen LogP contribution in [-0.2, 0) is 0 Å². The van der Waals surface area contributed by atoms with Gasteiger partial charge in [0.25, 0.3) is 0 Å². The Morgan fingerprint density at radius 2 is 0.758 bits per heavy atom. The molecule has 0 aliphatic heterocycles. The van der Waals surface area contributed by atoms with Crippen molar-refractivity contribution >= 4 is 121 Å². The molecule has 0 saturated carbocycles. The second kappa shape index (κ2) is 13.6. The first kappa shape index (κ1) is 34.5. The zero-order chi connectivity index (χ0) is 40.7. The number of hydrogen-bond acceptors (Lipinski definition) is 4. The third-order valence-electron chi connectivity index (χ3n) is 12.5. The Bertz CT molecular complexity index is 3880. The summed E-state index contributed by atoms with van der Waals surface area (Å²) in [4.78, 5) is 4.69. The van der Waals surface area contributed by atoms with E-state index in [4.69, 9.17) is 8.83 Å². The third kappa shape index (κ3) is 5.40. The van der Waals surface area contributed by atoms with Gasteiger partial charge in [-0.2, -0.15) is 0 Å². The average Bonchev–Trinajstić information content (AvgIpc) is 3.88. The van der Waals surface area contributed by atoms with Crippen LogP contribution >= 0.6 is 0 Å². The maximum absolute atomic E-state index is 6.88. The van der Waals surface area contributed by atoms with Gasteiger partial charge in [-0.1, -0.05) is 121 Å². The fraction of sp³-hybridized carbons (Fsp3) is 0. The van der Waals surface area contributed by atoms with Gasteiger partial charge in [0.05, 0.1) is 16.8 Å². The average molecular weight is 793 g/mol. The van der Waals surface area contributed by atoms with Crippen LogP contribution in [0.2, 0.25) is 0 Å². The predicted molar refractivity (Wildman–Crippen MR) is 260 cm³/mol. The molecule has 62 heavy (non-hydrogen) atoms. The first-order valence-corrected chi connectivity index (χ1v) is 21.1. The van der Waals surface area contributed by atoms with Crippen LogP contribution in [-0.4, -0.2) is 0 Å². The van der Waals surface area contributed by atoms with Crippen molar-refractivity contribution in [3.63, 3.8) is 0 Å². The molecule has 13 aromatic rings. The minimum Gasteiger partial charge on any atom is -0.456 e. The van der Waals surface area contributed by atoms with Crippen LogP contribution in [0.3, 0.4) is 0 Å². The smallest absolute Gasteiger partial charge is 0.147 e. The van der Waals surface area contributed by atoms with E-state index < -0.39 is 0 Å². The maximum Gasteiger partial charge on any atom is 0.147 e. The van der Waals surface area contributed by atoms with Crippen LogP contribution in [0.5, 0.6) is 0 Å². The zero-order valence-electron chi connectivity index (χ0n) is 33.5. The van der Waals surface area contributed by atoms with Crippen LogP contribution in [0.1, 0.15) is 0 Å². The monoisotopic (exact) mass is 792 g/mol. The van der Waals surface area contributed by atoms with Crippen LogP contribution < -0.4 is 9.80 Å². The molecule has 0 unspecified atom stereocenters. The minimum absolute atomic E-state index is 0.809. The first-order valence-electron chi connectivity index (χ1n) is 21.1. The number of benzene rings is 11. The van der Waals surface area contributed by atoms with E-state index in [2.05, 4.69) is 228 Å². The first-order chi connectivity index (χ1) is 30.7. The van der Waals surface area contributed by atoms with Gasteiger partial charge in [-0.05, 0) is 129 Å². The van der Waals surface area contributed by atoms with Crippen LogP contribution in [0.15, 0.2) is 227 Å². The molecule has 0 aliphatic rings. The number of rotatable bonds is 6. The van der Waals surface area contributed by atoms with Gasteiger partial charge in [0.15, 0.2) is 0 Å². The normalized spacial score (nSPS) is 11.9. The van der Waals surface area contributed by atoms with Gasteiger partial charge < -0.3 is 18.6 Å². The molecule has 0 fully saturated rings. The van der Waals surface area contributed by atoms with Crippen molar-refractivity contribution in [2.75, 3.05) is 9.80 Å². The van der Waals surface area contributed by atoms with Gasteiger partial charge in [0.2, 0.25) is 0 Å². The van der Waals surface area contributed by atoms with Crippen LogP contribution in [0.25, 0.3) is 87.0 Å². The highest BCUT2D eigenvalue weighted by molar-refractivity contribution is 6.24. The van der Waals surface area contributed by atoms with Crippen molar-refractivity contribution in [3.8, 4) is 0 Å². The second-order valence-corrected chi connectivity index (χ2v) is 16.1. The summed E-state index contributed by atoms with van der Waals surface area (Å²) >= 11 is 0. The molecule has 0 N–H and O–H groups in total. The molecule has 0 spiro atoms. The summed E-state index contributed by atoms with van der Waals surface area (Å²) in [5.74, 6) is 0. The summed E-state index contributed by atoms with van der Waals surface area (Å²) < 4.78 is 13.5. The largest absolute Gasteiger partial charge is 0.456 e. The topological polar surface area (TPSA) is 32.8 Å². The lowest BCUT2D eigenvalue weighted by atomic mass is 10.0. The lowest BCUT2D eigenvalue weighted by molar-refractivity contribution is 0.663. The molecule has 4 nitrogen and oxygen atoms in total. The van der Waals surface area contributed by atoms with Gasteiger partial charge in [0, 0.05) is 49.7 Å². The van der Waals surface area contributed by atoms with E-state index in [0.717, 1.165) is 99.5 Å². The van der Waals surface area contributed by atoms with E-state index >= 15 is 0 Å². The fourth-order valence-corrected chi connectivity index (χ4v) is 9.65. The van der Waals surface area contributed by atoms with E-state index in [1.165, 1.54) is 21.5 Å². The van der Waals surface area contributed by atoms with E-state index in [0.29, 0.717) is 0 Å². The number of anilines is 6. The number of fused-ring (bicyclic) bond motifs is 11. The zero-order valence-corrected chi connectivity index (χ0v) is 33.5. The summed E-state index contributed by atoms with van der Waals surface area (Å²) in [7, 11) is 0. The van der Waals surface area contributed by atoms with Gasteiger partial charge >= 0.3 is 0 Å². The molecule has 2 aromatic heterocycles. The predicted octanol–water partition coefficient (Wildman–Crippen LogP) is 17.0. The van der Waals surface area contributed by atoms with Crippen molar-refractivity contribution in [1.29, 1.82) is 0 Å². The van der Waals surface area contributed by atoms with Crippen molar-refractivity contribution in [2.24, 2.45) is 0 Å². The summed E-state index contributed by atoms with van der Waals surface area (Å²) in [6.07, 6.45) is 0. The fourth-order valence-electron chi connectivity index (χ4n) is 9.65. The Labute approximate surface area is 356 Å². The van der Waals surface area contributed by atoms with Gasteiger partial charge in [-0.3, -0.25) is 0 Å². The Kier molecular flexibility index (Phi) is 7.57. The molecular weight excluding hydrogens is 757 g/mol. The molecule has 0 saturated heterocycles. The van der Waals surface area contributed by atoms with Crippen molar-refractivity contribution in [3.05, 3.63) is 218 Å². The molecule has 2 heterocycles. The van der Waals surface area contributed by atoms with Crippen LogP contribution in [0, 0.1) is 0 Å². The highest BCUT2D eigenvalue weighted by atomic mass is 16.3. The number of furan rings is 2. The van der Waals surface area contributed by atoms with E-state index in [1.807, 2.05) is 0 Å². The Hall–Kier alpha value is -8.34. The van der Waals surface area contributed by atoms with Crippen molar-refractivity contribution in [2.45, 2.75) is 0 Å². The number of nitrogens with zero attached hydrogens (tertiary/aromatic N) is 2. The molecule has 11 aromatic carbocycles. The SMILES string of the molecule is c1ccc(N(c2ccc3cc4c(cc3c2)oc2c4ccc3oc4cc5cc(N(c6ccccc6)c6cccc7ccccc67)ccc5cc4c32)c2cccc3ccccc23)cc1. The van der Waals surface area contributed by atoms with Crippen LogP contribution in [0.4, 0.5) is 34.1 Å². The lowest BCUT2D eigenvalue weighted by Gasteiger charge is -2.27. The van der Waals surface area contributed by atoms with Gasteiger partial charge in [-0.25, -0.2) is 0 Å². The highest BCUT2D eigenvalue weighted by Gasteiger charge is 2.21. The Balaban J connectivity index is 0.946. The number of hydrogen-bond donors (Lipinski definition) is 0. The molecule has 0 amide bonds. The summed E-state index contributed by atoms with van der Waals surface area (Å²) in [5.41, 5.74) is 9.96. The molecule has 0 aliphatic carbocycles. The molecule has 0 bridgehead atoms. The second-order valence-electron chi connectivity index (χ2n) is 16.1. The summed E-state index contributed by atoms with van der Waals surface area (Å²) in [5, 5.41) is 13.5. The van der Waals surface area contributed by atoms with Gasteiger partial charge in [0.1, 0.15) is 22.3 Å². The maximum atomic E-state index is 6.88. The summed E-state index contributed by atoms with van der Waals surface area (Å²) in [6.45, 7) is 0. The van der Waals surface area contributed by atoms with Crippen molar-refractivity contribution in [1.82, 2.24) is 0 Å². The third-order valence-corrected chi connectivity index (χ3v) is 12.5. The molecule has 0 radical (unpaired) electrons. The van der Waals surface area contributed by atoms with E-state index in [-0.39, 0.29) is 0 Å². The molecule has 290 valence electrons. The minimum atomic E-state index is 0.809. The molecule has 13 rings (SSSR count).